The molecule has 5 unspecified atom stereocenters. The van der Waals surface area contributed by atoms with Crippen LogP contribution in [0.25, 0.3) is 10.9 Å². The van der Waals surface area contributed by atoms with Gasteiger partial charge in [0.1, 0.15) is 18.1 Å². The second-order valence-corrected chi connectivity index (χ2v) is 9.48. The number of aliphatic hydroxyl groups is 1. The van der Waals surface area contributed by atoms with Crippen LogP contribution >= 0.6 is 0 Å². The normalized spacial score (nSPS) is 14.6. The Bertz CT molecular complexity index is 1270. The van der Waals surface area contributed by atoms with Gasteiger partial charge in [-0.05, 0) is 37.8 Å². The van der Waals surface area contributed by atoms with Crippen molar-refractivity contribution in [2.24, 2.45) is 27.9 Å². The summed E-state index contributed by atoms with van der Waals surface area (Å²) in [6.45, 7) is 1.34. The van der Waals surface area contributed by atoms with Gasteiger partial charge in [0, 0.05) is 23.6 Å². The van der Waals surface area contributed by atoms with E-state index in [2.05, 4.69) is 25.9 Å². The number of carboxylic acids is 1. The summed E-state index contributed by atoms with van der Waals surface area (Å²) in [6, 6.07) is 1.77. The Kier molecular flexibility index (Phi) is 12.0. The highest BCUT2D eigenvalue weighted by Gasteiger charge is 2.33. The first-order valence-electron chi connectivity index (χ1n) is 12.8. The van der Waals surface area contributed by atoms with E-state index in [-0.39, 0.29) is 31.8 Å². The van der Waals surface area contributed by atoms with Crippen molar-refractivity contribution in [1.82, 2.24) is 20.9 Å². The van der Waals surface area contributed by atoms with E-state index in [1.54, 1.807) is 6.20 Å². The summed E-state index contributed by atoms with van der Waals surface area (Å²) >= 11 is 0. The molecular weight excluding hydrogens is 538 g/mol. The highest BCUT2D eigenvalue weighted by Crippen LogP contribution is 2.18. The Morgan fingerprint density at radius 1 is 0.976 bits per heavy atom. The smallest absolute Gasteiger partial charge is 0.326 e. The van der Waals surface area contributed by atoms with Crippen LogP contribution in [0.15, 0.2) is 35.5 Å². The number of fused-ring (bicyclic) bond motifs is 1. The standard InChI is InChI=1S/C25H37N9O7/c1-12(35)20(34-21(37)15(26)9-13-11-31-16-6-3-2-5-14(13)16)23(39)33-18(10-19(27)36)22(38)32-17(24(40)41)7-4-8-30-25(28)29/h2-3,5-6,11-12,15,17-18,20,31,35H,4,7-10,26H2,1H3,(H2,27,36)(H,32,38)(H,33,39)(H,34,37)(H,40,41)(H4,28,29,30). The number of aliphatic carboxylic acids is 1. The number of aliphatic imine (C=N–C) groups is 1. The van der Waals surface area contributed by atoms with Gasteiger partial charge in [0.15, 0.2) is 5.96 Å². The molecule has 14 N–H and O–H groups in total. The van der Waals surface area contributed by atoms with Crippen LogP contribution in [0.5, 0.6) is 0 Å². The fourth-order valence-electron chi connectivity index (χ4n) is 4.00. The van der Waals surface area contributed by atoms with Crippen molar-refractivity contribution in [2.45, 2.75) is 62.9 Å². The van der Waals surface area contributed by atoms with Crippen molar-refractivity contribution in [1.29, 1.82) is 0 Å². The number of carbonyl (C=O) groups is 5. The van der Waals surface area contributed by atoms with E-state index in [1.165, 1.54) is 6.92 Å². The minimum absolute atomic E-state index is 0.0598. The molecule has 0 aliphatic heterocycles. The number of aromatic nitrogens is 1. The molecule has 224 valence electrons. The second-order valence-electron chi connectivity index (χ2n) is 9.48. The van der Waals surface area contributed by atoms with E-state index < -0.39 is 66.3 Å². The van der Waals surface area contributed by atoms with E-state index in [0.29, 0.717) is 0 Å². The van der Waals surface area contributed by atoms with Crippen molar-refractivity contribution in [2.75, 3.05) is 6.54 Å². The average Bonchev–Trinajstić information content (AvgIpc) is 3.30. The maximum Gasteiger partial charge on any atom is 0.326 e. The number of amides is 4. The molecule has 0 aliphatic rings. The van der Waals surface area contributed by atoms with Crippen LogP contribution in [0.2, 0.25) is 0 Å². The molecule has 16 nitrogen and oxygen atoms in total. The molecule has 1 aromatic carbocycles. The molecule has 41 heavy (non-hydrogen) atoms. The predicted molar refractivity (Wildman–Crippen MR) is 149 cm³/mol. The third-order valence-corrected chi connectivity index (χ3v) is 6.11. The number of benzene rings is 1. The van der Waals surface area contributed by atoms with Crippen molar-refractivity contribution < 1.29 is 34.2 Å². The molecule has 1 aromatic heterocycles. The monoisotopic (exact) mass is 575 g/mol. The number of carboxylic acid groups (broad SMARTS) is 1. The van der Waals surface area contributed by atoms with Crippen LogP contribution in [-0.2, 0) is 30.4 Å². The molecule has 4 amide bonds. The minimum Gasteiger partial charge on any atom is -0.480 e. The van der Waals surface area contributed by atoms with Gasteiger partial charge >= 0.3 is 5.97 Å². The van der Waals surface area contributed by atoms with Crippen LogP contribution in [0, 0.1) is 0 Å². The number of aromatic amines is 1. The lowest BCUT2D eigenvalue weighted by Crippen LogP contribution is -2.60. The van der Waals surface area contributed by atoms with Crippen LogP contribution in [0.1, 0.15) is 31.7 Å². The number of nitrogens with two attached hydrogens (primary N) is 4. The maximum absolute atomic E-state index is 13.0. The number of H-pyrrole nitrogens is 1. The van der Waals surface area contributed by atoms with Gasteiger partial charge in [0.05, 0.1) is 18.6 Å². The minimum atomic E-state index is -1.60. The quantitative estimate of drug-likeness (QED) is 0.0545. The van der Waals surface area contributed by atoms with Crippen LogP contribution in [0.4, 0.5) is 0 Å². The summed E-state index contributed by atoms with van der Waals surface area (Å²) < 4.78 is 0. The van der Waals surface area contributed by atoms with E-state index in [9.17, 15) is 34.2 Å². The molecule has 0 saturated heterocycles. The Balaban J connectivity index is 2.08. The Morgan fingerprint density at radius 3 is 2.24 bits per heavy atom. The summed E-state index contributed by atoms with van der Waals surface area (Å²) in [4.78, 5) is 68.7. The van der Waals surface area contributed by atoms with Gasteiger partial charge in [-0.15, -0.1) is 0 Å². The lowest BCUT2D eigenvalue weighted by Gasteiger charge is -2.26. The summed E-state index contributed by atoms with van der Waals surface area (Å²) in [5.74, 6) is -5.30. The van der Waals surface area contributed by atoms with Crippen molar-refractivity contribution in [3.63, 3.8) is 0 Å². The lowest BCUT2D eigenvalue weighted by atomic mass is 10.0. The van der Waals surface area contributed by atoms with Gasteiger partial charge in [0.25, 0.3) is 0 Å². The van der Waals surface area contributed by atoms with Crippen molar-refractivity contribution in [3.05, 3.63) is 36.0 Å². The molecule has 2 aromatic rings. The number of hydrogen-bond acceptors (Lipinski definition) is 8. The molecule has 5 atom stereocenters. The Labute approximate surface area is 235 Å². The topological polar surface area (TPSA) is 294 Å². The van der Waals surface area contributed by atoms with Gasteiger partial charge in [-0.3, -0.25) is 24.2 Å². The van der Waals surface area contributed by atoms with E-state index in [0.717, 1.165) is 16.5 Å². The zero-order valence-corrected chi connectivity index (χ0v) is 22.5. The number of aliphatic hydroxyl groups excluding tert-OH is 1. The lowest BCUT2D eigenvalue weighted by molar-refractivity contribution is -0.142. The number of nitrogens with zero attached hydrogens (tertiary/aromatic N) is 1. The molecule has 2 rings (SSSR count). The van der Waals surface area contributed by atoms with Gasteiger partial charge in [0.2, 0.25) is 23.6 Å². The molecule has 1 heterocycles. The molecule has 0 radical (unpaired) electrons. The third kappa shape index (κ3) is 10.1. The van der Waals surface area contributed by atoms with Crippen LogP contribution in [-0.4, -0.2) is 87.6 Å². The largest absolute Gasteiger partial charge is 0.480 e. The summed E-state index contributed by atoms with van der Waals surface area (Å²) in [5.41, 5.74) is 23.4. The Hall–Kier alpha value is -4.70. The zero-order valence-electron chi connectivity index (χ0n) is 22.5. The number of primary amides is 1. The first-order chi connectivity index (χ1) is 19.3. The molecule has 0 aliphatic carbocycles. The maximum atomic E-state index is 13.0. The fraction of sp³-hybridized carbons (Fsp3) is 0.440. The Morgan fingerprint density at radius 2 is 1.63 bits per heavy atom. The van der Waals surface area contributed by atoms with Gasteiger partial charge < -0.3 is 54.1 Å². The molecule has 0 saturated carbocycles. The summed E-state index contributed by atoms with van der Waals surface area (Å²) in [7, 11) is 0. The summed E-state index contributed by atoms with van der Waals surface area (Å²) in [5, 5.41) is 27.4. The number of rotatable bonds is 16. The van der Waals surface area contributed by atoms with Gasteiger partial charge in [-0.2, -0.15) is 0 Å². The van der Waals surface area contributed by atoms with Crippen LogP contribution in [0.3, 0.4) is 0 Å². The highest BCUT2D eigenvalue weighted by molar-refractivity contribution is 5.96. The first-order valence-corrected chi connectivity index (χ1v) is 12.8. The molecule has 16 heteroatoms. The number of carbonyl (C=O) groups excluding carboxylic acids is 4. The van der Waals surface area contributed by atoms with Crippen molar-refractivity contribution >= 4 is 46.5 Å². The number of nitrogens with one attached hydrogen (secondary N) is 4. The number of hydrogen-bond donors (Lipinski definition) is 10. The molecular formula is C25H37N9O7. The fourth-order valence-corrected chi connectivity index (χ4v) is 4.00. The number of para-hydroxylation sites is 1. The van der Waals surface area contributed by atoms with E-state index >= 15 is 0 Å². The third-order valence-electron chi connectivity index (χ3n) is 6.11. The molecule has 0 bridgehead atoms. The highest BCUT2D eigenvalue weighted by atomic mass is 16.4. The SMILES string of the molecule is CC(O)C(NC(=O)C(N)Cc1c[nH]c2ccccc12)C(=O)NC(CC(N)=O)C(=O)NC(CCCN=C(N)N)C(=O)O. The van der Waals surface area contributed by atoms with E-state index in [4.69, 9.17) is 22.9 Å². The summed E-state index contributed by atoms with van der Waals surface area (Å²) in [6.07, 6.45) is -0.129. The molecule has 0 fully saturated rings. The van der Waals surface area contributed by atoms with E-state index in [1.807, 2.05) is 24.3 Å². The average molecular weight is 576 g/mol. The van der Waals surface area contributed by atoms with Gasteiger partial charge in [-0.25, -0.2) is 4.79 Å². The molecule has 0 spiro atoms. The van der Waals surface area contributed by atoms with Crippen LogP contribution < -0.4 is 38.9 Å². The van der Waals surface area contributed by atoms with Gasteiger partial charge in [-0.1, -0.05) is 18.2 Å². The first kappa shape index (κ1) is 32.5. The predicted octanol–water partition coefficient (Wildman–Crippen LogP) is -3.11. The zero-order chi connectivity index (χ0) is 30.7. The number of guanidine groups is 1. The second kappa shape index (κ2) is 15.2. The van der Waals surface area contributed by atoms with Crippen molar-refractivity contribution in [3.8, 4) is 0 Å².